The van der Waals surface area contributed by atoms with Crippen molar-refractivity contribution in [2.75, 3.05) is 0 Å². The molecule has 1 fully saturated rings. The minimum Gasteiger partial charge on any atom is -0.362 e. The van der Waals surface area contributed by atoms with Gasteiger partial charge in [0.1, 0.15) is 15.7 Å². The summed E-state index contributed by atoms with van der Waals surface area (Å²) in [6, 6.07) is 0. The van der Waals surface area contributed by atoms with Crippen molar-refractivity contribution in [3.63, 3.8) is 0 Å². The highest BCUT2D eigenvalue weighted by Gasteiger charge is 2.50. The van der Waals surface area contributed by atoms with Crippen LogP contribution in [0.3, 0.4) is 0 Å². The topological polar surface area (TPSA) is 18.5 Å². The molecule has 0 aromatic carbocycles. The van der Waals surface area contributed by atoms with Crippen LogP contribution in [0, 0.1) is 10.8 Å². The number of rotatable bonds is 0. The van der Waals surface area contributed by atoms with Crippen LogP contribution in [-0.2, 0) is 9.47 Å². The van der Waals surface area contributed by atoms with Crippen LogP contribution in [0.1, 0.15) is 41.5 Å². The fourth-order valence-electron chi connectivity index (χ4n) is 1.81. The third-order valence-corrected chi connectivity index (χ3v) is 2.60. The zero-order chi connectivity index (χ0) is 12.1. The van der Waals surface area contributed by atoms with E-state index >= 15 is 0 Å². The SMILES string of the molecule is [B]C1([B])OC(C(C)(C)C)C(C(C)(C)C)O1. The van der Waals surface area contributed by atoms with Crippen LogP contribution in [0.25, 0.3) is 0 Å². The Balaban J connectivity index is 2.95. The fourth-order valence-corrected chi connectivity index (χ4v) is 1.81. The van der Waals surface area contributed by atoms with Crippen LogP contribution in [0.4, 0.5) is 0 Å². The highest BCUT2D eigenvalue weighted by Crippen LogP contribution is 2.42. The standard InChI is InChI=1S/C11H20B2O2/c1-9(2,3)7-8(10(4,5)6)15-11(12,13)14-7/h7-8H,1-6H3. The molecule has 4 heteroatoms. The van der Waals surface area contributed by atoms with E-state index in [0.29, 0.717) is 0 Å². The van der Waals surface area contributed by atoms with Crippen LogP contribution < -0.4 is 0 Å². The van der Waals surface area contributed by atoms with Crippen LogP contribution in [0.15, 0.2) is 0 Å². The van der Waals surface area contributed by atoms with Crippen LogP contribution >= 0.6 is 0 Å². The van der Waals surface area contributed by atoms with Crippen LogP contribution in [0.2, 0.25) is 0 Å². The molecule has 0 saturated carbocycles. The van der Waals surface area contributed by atoms with Crippen molar-refractivity contribution in [3.8, 4) is 0 Å². The summed E-state index contributed by atoms with van der Waals surface area (Å²) in [5.41, 5.74) is -1.53. The van der Waals surface area contributed by atoms with Crippen molar-refractivity contribution >= 4 is 15.7 Å². The van der Waals surface area contributed by atoms with Gasteiger partial charge in [0.05, 0.1) is 17.8 Å². The first-order valence-electron chi connectivity index (χ1n) is 5.37. The molecule has 15 heavy (non-hydrogen) atoms. The number of hydrogen-bond acceptors (Lipinski definition) is 2. The lowest BCUT2D eigenvalue weighted by Gasteiger charge is -2.36. The van der Waals surface area contributed by atoms with Crippen molar-refractivity contribution in [1.29, 1.82) is 0 Å². The highest BCUT2D eigenvalue weighted by molar-refractivity contribution is 6.37. The van der Waals surface area contributed by atoms with E-state index in [1.165, 1.54) is 0 Å². The maximum atomic E-state index is 5.69. The Morgan fingerprint density at radius 2 is 1.07 bits per heavy atom. The van der Waals surface area contributed by atoms with Crippen LogP contribution in [-0.4, -0.2) is 33.5 Å². The first kappa shape index (κ1) is 13.1. The summed E-state index contributed by atoms with van der Waals surface area (Å²) in [7, 11) is 11.4. The molecule has 0 aromatic rings. The molecule has 0 bridgehead atoms. The molecule has 0 spiro atoms. The monoisotopic (exact) mass is 206 g/mol. The average molecular weight is 206 g/mol. The summed E-state index contributed by atoms with van der Waals surface area (Å²) in [4.78, 5) is 0. The first-order chi connectivity index (χ1) is 6.43. The minimum absolute atomic E-state index is 0.0432. The molecule has 0 N–H and O–H groups in total. The van der Waals surface area contributed by atoms with Crippen molar-refractivity contribution in [1.82, 2.24) is 0 Å². The van der Waals surface area contributed by atoms with E-state index in [-0.39, 0.29) is 23.0 Å². The molecule has 2 unspecified atom stereocenters. The summed E-state index contributed by atoms with van der Waals surface area (Å²) in [5.74, 6) is 0. The third kappa shape index (κ3) is 3.01. The van der Waals surface area contributed by atoms with Gasteiger partial charge in [0.25, 0.3) is 0 Å². The molecular weight excluding hydrogens is 186 g/mol. The molecule has 0 aromatic heterocycles. The van der Waals surface area contributed by atoms with Crippen molar-refractivity contribution in [2.45, 2.75) is 59.3 Å². The summed E-state index contributed by atoms with van der Waals surface area (Å²) in [6.07, 6.45) is -0.181. The lowest BCUT2D eigenvalue weighted by molar-refractivity contribution is -0.0603. The van der Waals surface area contributed by atoms with E-state index in [1.54, 1.807) is 0 Å². The first-order valence-corrected chi connectivity index (χ1v) is 5.37. The molecule has 1 aliphatic rings. The van der Waals surface area contributed by atoms with Gasteiger partial charge in [0.2, 0.25) is 0 Å². The Hall–Kier alpha value is 0.0499. The van der Waals surface area contributed by atoms with Crippen molar-refractivity contribution < 1.29 is 9.47 Å². The molecule has 2 atom stereocenters. The van der Waals surface area contributed by atoms with Crippen LogP contribution in [0.5, 0.6) is 0 Å². The maximum absolute atomic E-state index is 5.69. The quantitative estimate of drug-likeness (QED) is 0.562. The second-order valence-corrected chi connectivity index (χ2v) is 6.53. The molecule has 1 rings (SSSR count). The van der Waals surface area contributed by atoms with Gasteiger partial charge in [-0.15, -0.1) is 0 Å². The van der Waals surface area contributed by atoms with Crippen molar-refractivity contribution in [3.05, 3.63) is 0 Å². The maximum Gasteiger partial charge on any atom is 0.138 e. The second-order valence-electron chi connectivity index (χ2n) is 6.53. The van der Waals surface area contributed by atoms with Gasteiger partial charge in [0.15, 0.2) is 0 Å². The molecule has 1 aliphatic heterocycles. The van der Waals surface area contributed by atoms with Gasteiger partial charge in [-0.25, -0.2) is 0 Å². The molecular formula is C11H20B2O2. The predicted octanol–water partition coefficient (Wildman–Crippen LogP) is 1.81. The van der Waals surface area contributed by atoms with Gasteiger partial charge in [-0.3, -0.25) is 0 Å². The normalized spacial score (nSPS) is 31.9. The van der Waals surface area contributed by atoms with E-state index in [4.69, 9.17) is 25.2 Å². The smallest absolute Gasteiger partial charge is 0.138 e. The molecule has 82 valence electrons. The summed E-state index contributed by atoms with van der Waals surface area (Å²) < 4.78 is 11.2. The van der Waals surface area contributed by atoms with E-state index in [0.717, 1.165) is 0 Å². The molecule has 1 saturated heterocycles. The largest absolute Gasteiger partial charge is 0.362 e. The minimum atomic E-state index is -1.45. The lowest BCUT2D eigenvalue weighted by atomic mass is 9.76. The van der Waals surface area contributed by atoms with E-state index < -0.39 is 5.59 Å². The summed E-state index contributed by atoms with van der Waals surface area (Å²) in [6.45, 7) is 12.6. The molecule has 1 heterocycles. The predicted molar refractivity (Wildman–Crippen MR) is 62.9 cm³/mol. The van der Waals surface area contributed by atoms with E-state index in [2.05, 4.69) is 41.5 Å². The Kier molecular flexibility index (Phi) is 3.08. The van der Waals surface area contributed by atoms with E-state index in [1.807, 2.05) is 0 Å². The lowest BCUT2D eigenvalue weighted by Crippen LogP contribution is -2.42. The Bertz CT molecular complexity index is 214. The molecule has 0 aliphatic carbocycles. The zero-order valence-corrected chi connectivity index (χ0v) is 10.6. The molecule has 4 radical (unpaired) electrons. The summed E-state index contributed by atoms with van der Waals surface area (Å²) >= 11 is 0. The Morgan fingerprint density at radius 3 is 1.27 bits per heavy atom. The zero-order valence-electron chi connectivity index (χ0n) is 10.6. The van der Waals surface area contributed by atoms with Gasteiger partial charge in [-0.2, -0.15) is 0 Å². The summed E-state index contributed by atoms with van der Waals surface area (Å²) in [5, 5.41) is 0. The van der Waals surface area contributed by atoms with E-state index in [9.17, 15) is 0 Å². The van der Waals surface area contributed by atoms with Gasteiger partial charge < -0.3 is 9.47 Å². The highest BCUT2D eigenvalue weighted by atomic mass is 16.7. The number of hydrogen-bond donors (Lipinski definition) is 0. The molecule has 2 nitrogen and oxygen atoms in total. The van der Waals surface area contributed by atoms with Gasteiger partial charge in [-0.05, 0) is 10.8 Å². The molecule has 0 amide bonds. The fraction of sp³-hybridized carbons (Fsp3) is 1.00. The van der Waals surface area contributed by atoms with Gasteiger partial charge >= 0.3 is 0 Å². The third-order valence-electron chi connectivity index (χ3n) is 2.60. The second kappa shape index (κ2) is 3.53. The van der Waals surface area contributed by atoms with Crippen molar-refractivity contribution in [2.24, 2.45) is 10.8 Å². The Morgan fingerprint density at radius 1 is 0.800 bits per heavy atom. The Labute approximate surface area is 95.9 Å². The van der Waals surface area contributed by atoms with Gasteiger partial charge in [0, 0.05) is 0 Å². The van der Waals surface area contributed by atoms with Gasteiger partial charge in [-0.1, -0.05) is 41.5 Å². The number of ether oxygens (including phenoxy) is 2. The average Bonchev–Trinajstić information content (AvgIpc) is 2.23.